The lowest BCUT2D eigenvalue weighted by atomic mass is 9.95. The maximum absolute atomic E-state index is 13.6. The highest BCUT2D eigenvalue weighted by Crippen LogP contribution is 2.45. The number of Topliss-reactive ketones (excluding diaryl/α,β-unsaturated/α-hetero) is 1. The van der Waals surface area contributed by atoms with Crippen molar-refractivity contribution in [3.8, 4) is 11.5 Å². The van der Waals surface area contributed by atoms with E-state index in [9.17, 15) is 14.7 Å². The first kappa shape index (κ1) is 30.3. The Morgan fingerprint density at radius 3 is 2.49 bits per heavy atom. The van der Waals surface area contributed by atoms with Crippen molar-refractivity contribution in [2.24, 2.45) is 0 Å². The van der Waals surface area contributed by atoms with E-state index in [-0.39, 0.29) is 16.5 Å². The quantitative estimate of drug-likeness (QED) is 0.0553. The molecule has 1 aliphatic heterocycles. The summed E-state index contributed by atoms with van der Waals surface area (Å²) in [4.78, 5) is 32.5. The Labute approximate surface area is 272 Å². The molecule has 0 saturated carbocycles. The summed E-state index contributed by atoms with van der Waals surface area (Å²) in [6, 6.07) is 24.5. The van der Waals surface area contributed by atoms with Crippen LogP contribution in [0.1, 0.15) is 28.3 Å². The third-order valence-corrected chi connectivity index (χ3v) is 9.52. The lowest BCUT2D eigenvalue weighted by Crippen LogP contribution is -2.29. The number of anilines is 1. The van der Waals surface area contributed by atoms with E-state index in [0.29, 0.717) is 44.3 Å². The van der Waals surface area contributed by atoms with Crippen LogP contribution in [0.3, 0.4) is 0 Å². The van der Waals surface area contributed by atoms with Crippen LogP contribution in [0, 0.1) is 0 Å². The molecule has 1 aliphatic rings. The number of hydrogen-bond acceptors (Lipinski definition) is 10. The molecule has 3 aromatic carbocycles. The van der Waals surface area contributed by atoms with E-state index in [2.05, 4.69) is 15.2 Å². The Balaban J connectivity index is 1.37. The van der Waals surface area contributed by atoms with Crippen LogP contribution >= 0.6 is 34.7 Å². The fourth-order valence-electron chi connectivity index (χ4n) is 4.83. The van der Waals surface area contributed by atoms with Crippen LogP contribution in [0.15, 0.2) is 107 Å². The van der Waals surface area contributed by atoms with Gasteiger partial charge in [-0.2, -0.15) is 0 Å². The minimum atomic E-state index is -1.02. The van der Waals surface area contributed by atoms with Crippen molar-refractivity contribution in [2.75, 3.05) is 12.0 Å². The summed E-state index contributed by atoms with van der Waals surface area (Å²) in [6.07, 6.45) is 2.99. The second-order valence-electron chi connectivity index (χ2n) is 9.82. The van der Waals surface area contributed by atoms with Gasteiger partial charge in [0.05, 0.1) is 18.7 Å². The zero-order valence-electron chi connectivity index (χ0n) is 23.8. The van der Waals surface area contributed by atoms with Gasteiger partial charge in [0.1, 0.15) is 12.4 Å². The first-order valence-electron chi connectivity index (χ1n) is 13.7. The molecule has 6 rings (SSSR count). The zero-order valence-corrected chi connectivity index (χ0v) is 26.2. The van der Waals surface area contributed by atoms with Crippen LogP contribution in [0.25, 0.3) is 5.76 Å². The van der Waals surface area contributed by atoms with Gasteiger partial charge in [-0.05, 0) is 47.0 Å². The number of aromatic nitrogens is 3. The van der Waals surface area contributed by atoms with Crippen molar-refractivity contribution < 1.29 is 24.2 Å². The third kappa shape index (κ3) is 6.41. The summed E-state index contributed by atoms with van der Waals surface area (Å²) in [5.74, 6) is -0.600. The number of aliphatic hydroxyl groups excluding tert-OH is 1. The SMILES string of the molecule is COc1cc(C2/C(=C(\O)c3ccncc3)C(=O)C(=O)N2c2nnc(SCc3ccccc3Cl)s2)ccc1OCc1ccccc1. The number of nitrogens with zero attached hydrogens (tertiary/aromatic N) is 4. The summed E-state index contributed by atoms with van der Waals surface area (Å²) in [5, 5.41) is 20.8. The van der Waals surface area contributed by atoms with Crippen molar-refractivity contribution in [2.45, 2.75) is 22.7 Å². The molecule has 1 saturated heterocycles. The second-order valence-corrected chi connectivity index (χ2v) is 12.4. The molecule has 1 unspecified atom stereocenters. The molecule has 9 nitrogen and oxygen atoms in total. The number of amides is 1. The normalized spacial score (nSPS) is 15.8. The summed E-state index contributed by atoms with van der Waals surface area (Å²) >= 11 is 8.90. The number of ketones is 1. The van der Waals surface area contributed by atoms with Gasteiger partial charge in [-0.15, -0.1) is 10.2 Å². The van der Waals surface area contributed by atoms with Crippen LogP contribution < -0.4 is 14.4 Å². The van der Waals surface area contributed by atoms with Gasteiger partial charge in [-0.3, -0.25) is 19.5 Å². The molecule has 0 aliphatic carbocycles. The summed E-state index contributed by atoms with van der Waals surface area (Å²) in [5.41, 5.74) is 2.67. The van der Waals surface area contributed by atoms with E-state index < -0.39 is 17.7 Å². The zero-order chi connectivity index (χ0) is 31.3. The van der Waals surface area contributed by atoms with Gasteiger partial charge in [0.2, 0.25) is 5.13 Å². The number of rotatable bonds is 10. The molecule has 12 heteroatoms. The average Bonchev–Trinajstić information content (AvgIpc) is 3.65. The molecule has 0 spiro atoms. The minimum absolute atomic E-state index is 0.0910. The maximum atomic E-state index is 13.6. The van der Waals surface area contributed by atoms with Crippen LogP contribution in [-0.2, 0) is 21.9 Å². The highest BCUT2D eigenvalue weighted by molar-refractivity contribution is 8.00. The number of halogens is 1. The molecular weight excluding hydrogens is 632 g/mol. The molecule has 0 radical (unpaired) electrons. The topological polar surface area (TPSA) is 115 Å². The number of pyridine rings is 1. The molecule has 2 aromatic heterocycles. The molecule has 1 fully saturated rings. The number of carbonyl (C=O) groups is 2. The molecule has 0 bridgehead atoms. The van der Waals surface area contributed by atoms with Gasteiger partial charge in [0, 0.05) is 28.7 Å². The molecule has 5 aromatic rings. The number of ether oxygens (including phenoxy) is 2. The Bertz CT molecular complexity index is 1880. The Kier molecular flexibility index (Phi) is 9.11. The maximum Gasteiger partial charge on any atom is 0.301 e. The number of carbonyl (C=O) groups excluding carboxylic acids is 2. The minimum Gasteiger partial charge on any atom is -0.507 e. The monoisotopic (exact) mass is 656 g/mol. The molecule has 226 valence electrons. The van der Waals surface area contributed by atoms with Crippen molar-refractivity contribution in [1.29, 1.82) is 0 Å². The number of hydrogen-bond donors (Lipinski definition) is 1. The van der Waals surface area contributed by atoms with E-state index in [1.807, 2.05) is 54.6 Å². The fourth-order valence-corrected chi connectivity index (χ4v) is 6.99. The van der Waals surface area contributed by atoms with Gasteiger partial charge in [0.25, 0.3) is 5.78 Å². The standard InChI is InChI=1S/C33H25ClN4O5S2/c1-42-26-17-22(11-12-25(26)43-18-20-7-3-2-4-8-20)28-27(29(39)21-13-15-35-16-14-21)30(40)31(41)38(28)32-36-37-33(45-32)44-19-23-9-5-6-10-24(23)34/h2-17,28,39H,18-19H2,1H3/b29-27+. The van der Waals surface area contributed by atoms with Crippen molar-refractivity contribution in [3.05, 3.63) is 130 Å². The number of aliphatic hydroxyl groups is 1. The molecule has 3 heterocycles. The van der Waals surface area contributed by atoms with E-state index in [1.54, 1.807) is 30.3 Å². The van der Waals surface area contributed by atoms with Crippen molar-refractivity contribution in [3.63, 3.8) is 0 Å². The van der Waals surface area contributed by atoms with Gasteiger partial charge >= 0.3 is 5.91 Å². The highest BCUT2D eigenvalue weighted by Gasteiger charge is 2.48. The molecule has 1 N–H and O–H groups in total. The number of thioether (sulfide) groups is 1. The third-order valence-electron chi connectivity index (χ3n) is 7.05. The summed E-state index contributed by atoms with van der Waals surface area (Å²) in [7, 11) is 1.51. The predicted octanol–water partition coefficient (Wildman–Crippen LogP) is 7.09. The van der Waals surface area contributed by atoms with Gasteiger partial charge in [-0.25, -0.2) is 0 Å². The van der Waals surface area contributed by atoms with Crippen LogP contribution in [0.2, 0.25) is 5.02 Å². The smallest absolute Gasteiger partial charge is 0.301 e. The van der Waals surface area contributed by atoms with Crippen molar-refractivity contribution >= 4 is 57.3 Å². The highest BCUT2D eigenvalue weighted by atomic mass is 35.5. The van der Waals surface area contributed by atoms with Gasteiger partial charge < -0.3 is 14.6 Å². The molecule has 1 amide bonds. The largest absolute Gasteiger partial charge is 0.507 e. The lowest BCUT2D eigenvalue weighted by Gasteiger charge is -2.23. The Hall–Kier alpha value is -4.71. The first-order valence-corrected chi connectivity index (χ1v) is 15.9. The van der Waals surface area contributed by atoms with E-state index >= 15 is 0 Å². The lowest BCUT2D eigenvalue weighted by molar-refractivity contribution is -0.132. The van der Waals surface area contributed by atoms with Gasteiger partial charge in [0.15, 0.2) is 15.8 Å². The van der Waals surface area contributed by atoms with Crippen molar-refractivity contribution in [1.82, 2.24) is 15.2 Å². The Morgan fingerprint density at radius 2 is 1.73 bits per heavy atom. The number of benzene rings is 3. The molecule has 45 heavy (non-hydrogen) atoms. The Morgan fingerprint density at radius 1 is 0.978 bits per heavy atom. The van der Waals surface area contributed by atoms with Crippen LogP contribution in [-0.4, -0.2) is 39.1 Å². The summed E-state index contributed by atoms with van der Waals surface area (Å²) < 4.78 is 12.3. The van der Waals surface area contributed by atoms with Crippen LogP contribution in [0.5, 0.6) is 11.5 Å². The van der Waals surface area contributed by atoms with E-state index in [1.165, 1.54) is 47.5 Å². The average molecular weight is 657 g/mol. The van der Waals surface area contributed by atoms with E-state index in [0.717, 1.165) is 11.1 Å². The van der Waals surface area contributed by atoms with E-state index in [4.69, 9.17) is 21.1 Å². The number of methoxy groups -OCH3 is 1. The molecular formula is C33H25ClN4O5S2. The van der Waals surface area contributed by atoms with Gasteiger partial charge in [-0.1, -0.05) is 89.3 Å². The second kappa shape index (κ2) is 13.5. The predicted molar refractivity (Wildman–Crippen MR) is 174 cm³/mol. The first-order chi connectivity index (χ1) is 21.9. The van der Waals surface area contributed by atoms with Crippen LogP contribution in [0.4, 0.5) is 5.13 Å². The summed E-state index contributed by atoms with van der Waals surface area (Å²) in [6.45, 7) is 0.316. The fraction of sp³-hybridized carbons (Fsp3) is 0.121. The molecule has 1 atom stereocenters.